The number of nitrogens with one attached hydrogen (secondary N) is 2. The number of hydrogen-bond acceptors (Lipinski definition) is 5. The van der Waals surface area contributed by atoms with Crippen LogP contribution in [0.2, 0.25) is 0 Å². The lowest BCUT2D eigenvalue weighted by Gasteiger charge is -2.31. The van der Waals surface area contributed by atoms with Crippen LogP contribution in [0.3, 0.4) is 0 Å². The maximum Gasteiger partial charge on any atom is 0.285 e. The smallest absolute Gasteiger partial charge is 0.285 e. The third-order valence-electron chi connectivity index (χ3n) is 6.60. The average Bonchev–Trinajstić information content (AvgIpc) is 3.43. The predicted octanol–water partition coefficient (Wildman–Crippen LogP) is 4.14. The zero-order valence-electron chi connectivity index (χ0n) is 18.8. The van der Waals surface area contributed by atoms with Gasteiger partial charge in [0.1, 0.15) is 10.7 Å². The Hall–Kier alpha value is -3.98. The van der Waals surface area contributed by atoms with E-state index in [0.717, 1.165) is 29.7 Å². The molecule has 0 bridgehead atoms. The summed E-state index contributed by atoms with van der Waals surface area (Å²) in [7, 11) is -3.69. The molecule has 0 atom stereocenters. The largest absolute Gasteiger partial charge is 0.342 e. The van der Waals surface area contributed by atoms with Crippen molar-refractivity contribution in [2.45, 2.75) is 23.7 Å². The molecule has 2 N–H and O–H groups in total. The maximum atomic E-state index is 13.1. The first kappa shape index (κ1) is 21.5. The molecule has 0 spiro atoms. The van der Waals surface area contributed by atoms with Crippen LogP contribution in [-0.2, 0) is 10.0 Å². The van der Waals surface area contributed by atoms with Crippen molar-refractivity contribution in [3.8, 4) is 0 Å². The lowest BCUT2D eigenvalue weighted by atomic mass is 9.95. The fourth-order valence-corrected chi connectivity index (χ4v) is 5.91. The van der Waals surface area contributed by atoms with Crippen LogP contribution in [-0.4, -0.2) is 48.1 Å². The molecule has 3 aromatic carbocycles. The van der Waals surface area contributed by atoms with Gasteiger partial charge < -0.3 is 15.2 Å². The van der Waals surface area contributed by atoms with Gasteiger partial charge in [-0.25, -0.2) is 4.98 Å². The van der Waals surface area contributed by atoms with Crippen molar-refractivity contribution in [1.29, 1.82) is 0 Å². The van der Waals surface area contributed by atoms with Crippen LogP contribution in [0.25, 0.3) is 11.0 Å². The molecule has 0 unspecified atom stereocenters. The van der Waals surface area contributed by atoms with E-state index in [4.69, 9.17) is 4.98 Å². The first-order valence-corrected chi connectivity index (χ1v) is 13.0. The summed E-state index contributed by atoms with van der Waals surface area (Å²) in [5, 5.41) is 3.07. The Morgan fingerprint density at radius 3 is 2.43 bits per heavy atom. The fraction of sp³-hybridized carbons (Fsp3) is 0.192. The first-order valence-electron chi connectivity index (χ1n) is 11.5. The van der Waals surface area contributed by atoms with E-state index in [1.807, 2.05) is 29.2 Å². The number of anilines is 1. The van der Waals surface area contributed by atoms with Crippen LogP contribution in [0.4, 0.5) is 5.69 Å². The molecule has 0 aliphatic carbocycles. The molecule has 1 saturated heterocycles. The van der Waals surface area contributed by atoms with Gasteiger partial charge in [-0.1, -0.05) is 24.3 Å². The van der Waals surface area contributed by atoms with Crippen molar-refractivity contribution < 1.29 is 13.2 Å². The zero-order chi connectivity index (χ0) is 24.0. The third kappa shape index (κ3) is 3.97. The minimum atomic E-state index is -3.69. The van der Waals surface area contributed by atoms with Crippen LogP contribution in [0, 0.1) is 0 Å². The second kappa shape index (κ2) is 8.35. The maximum absolute atomic E-state index is 13.1. The molecule has 3 heterocycles. The highest BCUT2D eigenvalue weighted by Crippen LogP contribution is 2.29. The molecule has 4 aromatic rings. The summed E-state index contributed by atoms with van der Waals surface area (Å²) in [6.07, 6.45) is 1.72. The monoisotopic (exact) mass is 485 g/mol. The topological polar surface area (TPSA) is 108 Å². The number of para-hydroxylation sites is 2. The number of fused-ring (bicyclic) bond motifs is 2. The Kier molecular flexibility index (Phi) is 5.14. The van der Waals surface area contributed by atoms with E-state index in [0.29, 0.717) is 35.8 Å². The third-order valence-corrected chi connectivity index (χ3v) is 7.94. The number of hydrogen-bond donors (Lipinski definition) is 2. The van der Waals surface area contributed by atoms with Gasteiger partial charge in [-0.15, -0.1) is 4.40 Å². The molecule has 0 radical (unpaired) electrons. The highest BCUT2D eigenvalue weighted by Gasteiger charge is 2.29. The van der Waals surface area contributed by atoms with Gasteiger partial charge in [-0.3, -0.25) is 4.79 Å². The standard InChI is InChI=1S/C26H23N5O3S/c32-26(31-15-13-17(14-16-31)24-28-21-6-2-3-7-22(21)29-24)18-9-11-19(12-10-18)27-25-20-5-1-4-8-23(20)35(33,34)30-25/h1-12,17H,13-16H2,(H,27,30)(H,28,29). The molecule has 1 aromatic heterocycles. The van der Waals surface area contributed by atoms with Crippen LogP contribution in [0.1, 0.15) is 40.5 Å². The fourth-order valence-electron chi connectivity index (χ4n) is 4.73. The van der Waals surface area contributed by atoms with Gasteiger partial charge in [0, 0.05) is 35.8 Å². The van der Waals surface area contributed by atoms with Crippen LogP contribution < -0.4 is 5.32 Å². The lowest BCUT2D eigenvalue weighted by molar-refractivity contribution is 0.0711. The molecule has 0 saturated carbocycles. The molecule has 2 aliphatic rings. The van der Waals surface area contributed by atoms with Gasteiger partial charge >= 0.3 is 0 Å². The van der Waals surface area contributed by atoms with E-state index in [2.05, 4.69) is 14.7 Å². The van der Waals surface area contributed by atoms with Crippen LogP contribution in [0.5, 0.6) is 0 Å². The van der Waals surface area contributed by atoms with E-state index in [9.17, 15) is 13.2 Å². The summed E-state index contributed by atoms with van der Waals surface area (Å²) < 4.78 is 28.4. The summed E-state index contributed by atoms with van der Waals surface area (Å²) in [4.78, 5) is 23.3. The summed E-state index contributed by atoms with van der Waals surface area (Å²) in [5.74, 6) is 1.58. The van der Waals surface area contributed by atoms with Gasteiger partial charge in [0.2, 0.25) is 0 Å². The Bertz CT molecular complexity index is 1530. The lowest BCUT2D eigenvalue weighted by Crippen LogP contribution is -2.38. The number of carbonyl (C=O) groups is 1. The number of likely N-dealkylation sites (tertiary alicyclic amines) is 1. The number of piperidine rings is 1. The number of nitrogens with zero attached hydrogens (tertiary/aromatic N) is 3. The Morgan fingerprint density at radius 1 is 0.943 bits per heavy atom. The van der Waals surface area contributed by atoms with Crippen LogP contribution >= 0.6 is 0 Å². The van der Waals surface area contributed by atoms with Crippen molar-refractivity contribution >= 4 is 38.5 Å². The summed E-state index contributed by atoms with van der Waals surface area (Å²) in [6, 6.07) is 21.8. The zero-order valence-corrected chi connectivity index (χ0v) is 19.6. The van der Waals surface area contributed by atoms with Gasteiger partial charge in [0.15, 0.2) is 5.84 Å². The number of H-pyrrole nitrogens is 1. The number of carbonyl (C=O) groups excluding carboxylic acids is 1. The van der Waals surface area contributed by atoms with Gasteiger partial charge in [-0.05, 0) is 61.4 Å². The number of aromatic amines is 1. The van der Waals surface area contributed by atoms with E-state index in [1.165, 1.54) is 0 Å². The molecule has 35 heavy (non-hydrogen) atoms. The van der Waals surface area contributed by atoms with E-state index < -0.39 is 10.0 Å². The number of imidazole rings is 1. The average molecular weight is 486 g/mol. The number of benzene rings is 3. The van der Waals surface area contributed by atoms with Crippen molar-refractivity contribution in [3.05, 3.63) is 89.7 Å². The molecule has 8 nitrogen and oxygen atoms in total. The number of sulfonamides is 1. The molecule has 9 heteroatoms. The molecular formula is C26H23N5O3S. The Balaban J connectivity index is 1.11. The van der Waals surface area contributed by atoms with E-state index in [-0.39, 0.29) is 16.6 Å². The molecule has 1 amide bonds. The van der Waals surface area contributed by atoms with Gasteiger partial charge in [-0.2, -0.15) is 8.42 Å². The normalized spacial score (nSPS) is 17.3. The highest BCUT2D eigenvalue weighted by molar-refractivity contribution is 7.90. The molecule has 1 fully saturated rings. The summed E-state index contributed by atoms with van der Waals surface area (Å²) in [5.41, 5.74) is 3.81. The number of rotatable bonds is 3. The summed E-state index contributed by atoms with van der Waals surface area (Å²) in [6.45, 7) is 1.35. The summed E-state index contributed by atoms with van der Waals surface area (Å²) >= 11 is 0. The highest BCUT2D eigenvalue weighted by atomic mass is 32.2. The minimum absolute atomic E-state index is 0.00858. The SMILES string of the molecule is O=C(c1ccc(NC2=NS(=O)(=O)c3ccccc32)cc1)N1CCC(c2nc3ccccc3[nH]2)CC1. The molecule has 6 rings (SSSR count). The quantitative estimate of drug-likeness (QED) is 0.453. The van der Waals surface area contributed by atoms with Gasteiger partial charge in [0.05, 0.1) is 11.0 Å². The first-order chi connectivity index (χ1) is 17.0. The van der Waals surface area contributed by atoms with E-state index in [1.54, 1.807) is 48.5 Å². The predicted molar refractivity (Wildman–Crippen MR) is 134 cm³/mol. The minimum Gasteiger partial charge on any atom is -0.342 e. The second-order valence-corrected chi connectivity index (χ2v) is 10.4. The van der Waals surface area contributed by atoms with Crippen molar-refractivity contribution in [1.82, 2.24) is 14.9 Å². The molecular weight excluding hydrogens is 462 g/mol. The molecule has 2 aliphatic heterocycles. The Morgan fingerprint density at radius 2 is 1.66 bits per heavy atom. The number of amides is 1. The van der Waals surface area contributed by atoms with E-state index >= 15 is 0 Å². The number of amidine groups is 1. The number of aromatic nitrogens is 2. The van der Waals surface area contributed by atoms with Crippen molar-refractivity contribution in [3.63, 3.8) is 0 Å². The second-order valence-electron chi connectivity index (χ2n) is 8.82. The van der Waals surface area contributed by atoms with Crippen molar-refractivity contribution in [2.75, 3.05) is 18.4 Å². The van der Waals surface area contributed by atoms with Crippen molar-refractivity contribution in [2.24, 2.45) is 4.40 Å². The van der Waals surface area contributed by atoms with Gasteiger partial charge in [0.25, 0.3) is 15.9 Å². The van der Waals surface area contributed by atoms with Crippen LogP contribution in [0.15, 0.2) is 82.1 Å². The Labute approximate surface area is 202 Å². The molecule has 176 valence electrons.